The van der Waals surface area contributed by atoms with Crippen molar-refractivity contribution in [2.75, 3.05) is 0 Å². The van der Waals surface area contributed by atoms with Crippen LogP contribution in [0.5, 0.6) is 5.75 Å². The average Bonchev–Trinajstić information content (AvgIpc) is 3.47. The van der Waals surface area contributed by atoms with Gasteiger partial charge in [0.2, 0.25) is 5.82 Å². The van der Waals surface area contributed by atoms with E-state index in [4.69, 9.17) is 14.5 Å². The van der Waals surface area contributed by atoms with Gasteiger partial charge in [0.25, 0.3) is 0 Å². The molecule has 6 rings (SSSR count). The van der Waals surface area contributed by atoms with Crippen LogP contribution in [0.1, 0.15) is 42.2 Å². The number of aliphatic hydroxyl groups is 1. The first-order chi connectivity index (χ1) is 19.1. The van der Waals surface area contributed by atoms with Crippen molar-refractivity contribution in [3.63, 3.8) is 0 Å². The van der Waals surface area contributed by atoms with Gasteiger partial charge in [-0.05, 0) is 60.9 Å². The first-order valence-electron chi connectivity index (χ1n) is 12.5. The summed E-state index contributed by atoms with van der Waals surface area (Å²) in [5.74, 6) is 1.41. The molecule has 4 heterocycles. The molecular weight excluding hydrogens is 522 g/mol. The molecule has 0 unspecified atom stereocenters. The highest BCUT2D eigenvalue weighted by Gasteiger charge is 2.27. The lowest BCUT2D eigenvalue weighted by Crippen LogP contribution is -2.19. The molecule has 0 amide bonds. The molecule has 0 saturated heterocycles. The number of hydrogen-bond acceptors (Lipinski definition) is 9. The predicted molar refractivity (Wildman–Crippen MR) is 139 cm³/mol. The maximum Gasteiger partial charge on any atom is 0.387 e. The fourth-order valence-electron chi connectivity index (χ4n) is 4.92. The van der Waals surface area contributed by atoms with Crippen LogP contribution in [0.3, 0.4) is 0 Å². The number of halogens is 2. The first-order valence-corrected chi connectivity index (χ1v) is 12.5. The van der Waals surface area contributed by atoms with E-state index in [0.29, 0.717) is 39.7 Å². The van der Waals surface area contributed by atoms with Crippen molar-refractivity contribution in [1.82, 2.24) is 39.7 Å². The van der Waals surface area contributed by atoms with Gasteiger partial charge in [-0.15, -0.1) is 10.2 Å². The van der Waals surface area contributed by atoms with Crippen molar-refractivity contribution in [2.24, 2.45) is 7.05 Å². The summed E-state index contributed by atoms with van der Waals surface area (Å²) in [4.78, 5) is 14.7. The number of tetrazole rings is 1. The number of nitrogens with zero attached hydrogens (tertiary/aromatic N) is 8. The van der Waals surface area contributed by atoms with Gasteiger partial charge in [-0.3, -0.25) is 0 Å². The molecule has 0 spiro atoms. The van der Waals surface area contributed by atoms with Crippen molar-refractivity contribution in [1.29, 1.82) is 0 Å². The second-order valence-electron chi connectivity index (χ2n) is 10.2. The molecule has 1 N–H and O–H groups in total. The van der Waals surface area contributed by atoms with Gasteiger partial charge in [0.1, 0.15) is 23.8 Å². The van der Waals surface area contributed by atoms with E-state index < -0.39 is 12.2 Å². The van der Waals surface area contributed by atoms with Gasteiger partial charge < -0.3 is 19.1 Å². The summed E-state index contributed by atoms with van der Waals surface area (Å²) in [6, 6.07) is 7.47. The number of alkyl halides is 2. The van der Waals surface area contributed by atoms with Crippen LogP contribution < -0.4 is 4.74 Å². The van der Waals surface area contributed by atoms with Gasteiger partial charge in [0, 0.05) is 29.1 Å². The summed E-state index contributed by atoms with van der Waals surface area (Å²) in [6.07, 6.45) is 3.31. The highest BCUT2D eigenvalue weighted by molar-refractivity contribution is 5.83. The van der Waals surface area contributed by atoms with Crippen LogP contribution in [-0.4, -0.2) is 51.4 Å². The summed E-state index contributed by atoms with van der Waals surface area (Å²) in [6.45, 7) is 2.49. The Labute approximate surface area is 227 Å². The summed E-state index contributed by atoms with van der Waals surface area (Å²) < 4.78 is 40.2. The van der Waals surface area contributed by atoms with Crippen LogP contribution in [0.25, 0.3) is 33.5 Å². The van der Waals surface area contributed by atoms with Crippen LogP contribution in [0.4, 0.5) is 8.78 Å². The number of aromatic nitrogens is 8. The third-order valence-corrected chi connectivity index (χ3v) is 6.79. The number of benzene rings is 2. The normalized spacial score (nSPS) is 13.7. The Morgan fingerprint density at radius 1 is 1.07 bits per heavy atom. The van der Waals surface area contributed by atoms with Crippen LogP contribution in [0.2, 0.25) is 0 Å². The molecule has 0 saturated carbocycles. The second kappa shape index (κ2) is 9.68. The molecule has 206 valence electrons. The highest BCUT2D eigenvalue weighted by atomic mass is 19.3. The molecule has 1 aliphatic heterocycles. The third-order valence-electron chi connectivity index (χ3n) is 6.79. The maximum absolute atomic E-state index is 13.6. The molecule has 0 aliphatic carbocycles. The Kier molecular flexibility index (Phi) is 6.27. The Morgan fingerprint density at radius 2 is 1.85 bits per heavy atom. The maximum atomic E-state index is 13.6. The fourth-order valence-corrected chi connectivity index (χ4v) is 4.92. The summed E-state index contributed by atoms with van der Waals surface area (Å²) in [5.41, 5.74) is 4.25. The lowest BCUT2D eigenvalue weighted by molar-refractivity contribution is -0.0511. The van der Waals surface area contributed by atoms with E-state index in [1.54, 1.807) is 46.3 Å². The molecule has 0 radical (unpaired) electrons. The Morgan fingerprint density at radius 3 is 2.52 bits per heavy atom. The summed E-state index contributed by atoms with van der Waals surface area (Å²) >= 11 is 0. The number of fused-ring (bicyclic) bond motifs is 4. The molecular formula is C27H26F2N8O3. The minimum absolute atomic E-state index is 0.0858. The SMILES string of the molecule is Cc1cc(-c2nnn(C)n2)c2c(c1OC(F)F)Cn1c(nc3ccc(-c4cnc(C(C)(C)O)nc4)cc31)COC2. The van der Waals surface area contributed by atoms with Crippen molar-refractivity contribution in [3.05, 3.63) is 65.0 Å². The molecule has 3 aromatic heterocycles. The zero-order valence-electron chi connectivity index (χ0n) is 22.3. The molecule has 13 heteroatoms. The summed E-state index contributed by atoms with van der Waals surface area (Å²) in [7, 11) is 1.66. The lowest BCUT2D eigenvalue weighted by Gasteiger charge is -2.23. The quantitative estimate of drug-likeness (QED) is 0.348. The monoisotopic (exact) mass is 548 g/mol. The van der Waals surface area contributed by atoms with E-state index in [1.165, 1.54) is 4.80 Å². The Hall–Kier alpha value is -4.36. The number of ether oxygens (including phenoxy) is 2. The lowest BCUT2D eigenvalue weighted by atomic mass is 9.95. The van der Waals surface area contributed by atoms with Crippen molar-refractivity contribution < 1.29 is 23.4 Å². The van der Waals surface area contributed by atoms with Crippen molar-refractivity contribution in [3.8, 4) is 28.3 Å². The topological polar surface area (TPSA) is 126 Å². The molecule has 0 atom stereocenters. The molecule has 2 aromatic carbocycles. The van der Waals surface area contributed by atoms with Gasteiger partial charge in [-0.25, -0.2) is 15.0 Å². The van der Waals surface area contributed by atoms with Crippen LogP contribution >= 0.6 is 0 Å². The standard InChI is InChI=1S/C27H26F2N8O3/c1-14-7-17(24-33-35-36(4)34-24)19-12-39-13-22-32-20-6-5-15(16-9-30-25(31-10-16)27(2,3)38)8-21(20)37(22)11-18(19)23(14)40-26(28)29/h5-10,26,38H,11-13H2,1-4H3. The Bertz CT molecular complexity index is 1720. The van der Waals surface area contributed by atoms with Crippen LogP contribution in [0.15, 0.2) is 36.7 Å². The fraction of sp³-hybridized carbons (Fsp3) is 0.333. The largest absolute Gasteiger partial charge is 0.434 e. The Balaban J connectivity index is 1.50. The molecule has 11 nitrogen and oxygen atoms in total. The van der Waals surface area contributed by atoms with Gasteiger partial charge in [0.05, 0.1) is 31.2 Å². The van der Waals surface area contributed by atoms with E-state index in [9.17, 15) is 13.9 Å². The smallest absolute Gasteiger partial charge is 0.387 e. The molecule has 0 bridgehead atoms. The average molecular weight is 549 g/mol. The van der Waals surface area contributed by atoms with Crippen LogP contribution in [-0.2, 0) is 37.1 Å². The van der Waals surface area contributed by atoms with E-state index in [0.717, 1.165) is 22.2 Å². The molecule has 0 fully saturated rings. The zero-order valence-corrected chi connectivity index (χ0v) is 22.3. The van der Waals surface area contributed by atoms with Crippen molar-refractivity contribution >= 4 is 11.0 Å². The first kappa shape index (κ1) is 25.9. The molecule has 1 aliphatic rings. The van der Waals surface area contributed by atoms with Gasteiger partial charge in [0.15, 0.2) is 5.82 Å². The number of rotatable bonds is 5. The second-order valence-corrected chi connectivity index (χ2v) is 10.2. The highest BCUT2D eigenvalue weighted by Crippen LogP contribution is 2.38. The van der Waals surface area contributed by atoms with Crippen LogP contribution in [0, 0.1) is 6.92 Å². The number of imidazole rings is 1. The minimum atomic E-state index is -3.01. The molecule has 5 aromatic rings. The number of aryl methyl sites for hydroxylation is 2. The van der Waals surface area contributed by atoms with E-state index in [-0.39, 0.29) is 25.5 Å². The third kappa shape index (κ3) is 4.67. The van der Waals surface area contributed by atoms with E-state index >= 15 is 0 Å². The van der Waals surface area contributed by atoms with Gasteiger partial charge in [-0.1, -0.05) is 6.07 Å². The predicted octanol–water partition coefficient (Wildman–Crippen LogP) is 3.90. The van der Waals surface area contributed by atoms with Crippen molar-refractivity contribution in [2.45, 2.75) is 52.7 Å². The van der Waals surface area contributed by atoms with E-state index in [2.05, 4.69) is 25.4 Å². The minimum Gasteiger partial charge on any atom is -0.434 e. The zero-order chi connectivity index (χ0) is 28.2. The summed E-state index contributed by atoms with van der Waals surface area (Å²) in [5, 5.41) is 22.6. The number of hydrogen-bond donors (Lipinski definition) is 1. The van der Waals surface area contributed by atoms with Gasteiger partial charge >= 0.3 is 6.61 Å². The van der Waals surface area contributed by atoms with E-state index in [1.807, 2.05) is 22.8 Å². The van der Waals surface area contributed by atoms with Gasteiger partial charge in [-0.2, -0.15) is 13.6 Å². The molecule has 40 heavy (non-hydrogen) atoms.